The van der Waals surface area contributed by atoms with E-state index in [2.05, 4.69) is 35.6 Å². The van der Waals surface area contributed by atoms with Gasteiger partial charge in [0.25, 0.3) is 5.91 Å². The highest BCUT2D eigenvalue weighted by atomic mass is 16.4. The number of nitrogens with zero attached hydrogens (tertiary/aromatic N) is 8. The van der Waals surface area contributed by atoms with Gasteiger partial charge in [0.05, 0.1) is 34.6 Å². The van der Waals surface area contributed by atoms with E-state index < -0.39 is 5.97 Å². The van der Waals surface area contributed by atoms with Crippen molar-refractivity contribution in [3.63, 3.8) is 0 Å². The molecule has 1 amide bonds. The largest absolute Gasteiger partial charge is 0.476 e. The molecule has 0 radical (unpaired) electrons. The number of rotatable bonds is 7. The van der Waals surface area contributed by atoms with E-state index in [4.69, 9.17) is 5.11 Å². The summed E-state index contributed by atoms with van der Waals surface area (Å²) in [5.74, 6) is -0.443. The Morgan fingerprint density at radius 3 is 1.80 bits per heavy atom. The van der Waals surface area contributed by atoms with Crippen molar-refractivity contribution < 1.29 is 14.7 Å². The van der Waals surface area contributed by atoms with Crippen LogP contribution in [0.15, 0.2) is 79.0 Å². The van der Waals surface area contributed by atoms with Gasteiger partial charge in [-0.1, -0.05) is 36.4 Å². The van der Waals surface area contributed by atoms with Crippen LogP contribution in [0.5, 0.6) is 0 Å². The Hall–Kier alpha value is -5.39. The van der Waals surface area contributed by atoms with Gasteiger partial charge in [-0.25, -0.2) is 9.78 Å². The molecule has 3 aromatic heterocycles. The van der Waals surface area contributed by atoms with E-state index in [0.29, 0.717) is 28.8 Å². The summed E-state index contributed by atoms with van der Waals surface area (Å²) < 4.78 is 0. The molecule has 0 atom stereocenters. The summed E-state index contributed by atoms with van der Waals surface area (Å²) in [5, 5.41) is 28.2. The molecular weight excluding hydrogens is 522 g/mol. The van der Waals surface area contributed by atoms with Gasteiger partial charge in [0.15, 0.2) is 11.4 Å². The number of carboxylic acid groups (broad SMARTS) is 1. The third kappa shape index (κ3) is 6.44. The molecule has 0 unspecified atom stereocenters. The number of carboxylic acids is 1. The second-order valence-electron chi connectivity index (χ2n) is 9.52. The van der Waals surface area contributed by atoms with E-state index >= 15 is 0 Å². The molecule has 2 aromatic carbocycles. The zero-order chi connectivity index (χ0) is 28.9. The van der Waals surface area contributed by atoms with Gasteiger partial charge in [-0.3, -0.25) is 4.79 Å². The van der Waals surface area contributed by atoms with E-state index in [1.165, 1.54) is 22.4 Å². The zero-order valence-electron chi connectivity index (χ0n) is 22.8. The van der Waals surface area contributed by atoms with Crippen molar-refractivity contribution in [3.05, 3.63) is 102 Å². The fraction of sp³-hybridized carbons (Fsp3) is 0.207. The maximum absolute atomic E-state index is 12.6. The van der Waals surface area contributed by atoms with Crippen molar-refractivity contribution in [2.45, 2.75) is 32.7 Å². The van der Waals surface area contributed by atoms with Crippen molar-refractivity contribution in [2.24, 2.45) is 0 Å². The summed E-state index contributed by atoms with van der Waals surface area (Å²) in [6.07, 6.45) is 4.10. The Bertz CT molecular complexity index is 1640. The maximum atomic E-state index is 12.6. The molecule has 2 N–H and O–H groups in total. The summed E-state index contributed by atoms with van der Waals surface area (Å²) in [6.45, 7) is 3.39. The molecule has 1 fully saturated rings. The first-order valence-corrected chi connectivity index (χ1v) is 13.0. The molecule has 0 aliphatic heterocycles. The molecule has 5 aromatic rings. The highest BCUT2D eigenvalue weighted by Gasteiger charge is 2.27. The quantitative estimate of drug-likeness (QED) is 0.305. The number of amides is 1. The van der Waals surface area contributed by atoms with Gasteiger partial charge in [0.1, 0.15) is 5.82 Å². The van der Waals surface area contributed by atoms with Gasteiger partial charge >= 0.3 is 5.97 Å². The van der Waals surface area contributed by atoms with Crippen LogP contribution in [0.2, 0.25) is 0 Å². The fourth-order valence-electron chi connectivity index (χ4n) is 4.03. The van der Waals surface area contributed by atoms with Crippen LogP contribution in [0, 0.1) is 13.8 Å². The molecule has 208 valence electrons. The molecule has 1 aliphatic carbocycles. The summed E-state index contributed by atoms with van der Waals surface area (Å²) in [4.78, 5) is 32.7. The van der Waals surface area contributed by atoms with Gasteiger partial charge in [0, 0.05) is 13.1 Å². The van der Waals surface area contributed by atoms with Crippen molar-refractivity contribution in [2.75, 3.05) is 17.3 Å². The van der Waals surface area contributed by atoms with E-state index in [-0.39, 0.29) is 11.6 Å². The second kappa shape index (κ2) is 11.8. The van der Waals surface area contributed by atoms with Crippen LogP contribution >= 0.6 is 0 Å². The van der Waals surface area contributed by atoms with E-state index in [1.54, 1.807) is 20.0 Å². The lowest BCUT2D eigenvalue weighted by Gasteiger charge is -2.17. The smallest absolute Gasteiger partial charge is 0.358 e. The van der Waals surface area contributed by atoms with Crippen molar-refractivity contribution in [1.29, 1.82) is 0 Å². The van der Waals surface area contributed by atoms with Crippen molar-refractivity contribution in [1.82, 2.24) is 35.0 Å². The Morgan fingerprint density at radius 2 is 1.34 bits per heavy atom. The summed E-state index contributed by atoms with van der Waals surface area (Å²) in [5.41, 5.74) is 3.45. The Morgan fingerprint density at radius 1 is 0.805 bits per heavy atom. The summed E-state index contributed by atoms with van der Waals surface area (Å²) >= 11 is 0. The first-order chi connectivity index (χ1) is 19.8. The first kappa shape index (κ1) is 27.2. The molecule has 6 rings (SSSR count). The number of para-hydroxylation sites is 2. The predicted octanol–water partition coefficient (Wildman–Crippen LogP) is 4.10. The number of hydrogen-bond donors (Lipinski definition) is 2. The first-order valence-electron chi connectivity index (χ1n) is 13.0. The molecule has 0 spiro atoms. The number of aromatic carboxylic acids is 1. The number of carbonyl (C=O) groups is 2. The van der Waals surface area contributed by atoms with Gasteiger partial charge in [-0.05, 0) is 63.1 Å². The minimum atomic E-state index is -1.06. The van der Waals surface area contributed by atoms with E-state index in [9.17, 15) is 9.59 Å². The van der Waals surface area contributed by atoms with Crippen LogP contribution < -0.4 is 10.2 Å². The summed E-state index contributed by atoms with van der Waals surface area (Å²) in [7, 11) is 2.05. The Labute approximate surface area is 236 Å². The van der Waals surface area contributed by atoms with Crippen molar-refractivity contribution >= 4 is 23.4 Å². The number of carbonyl (C=O) groups excluding carboxylic acids is 1. The monoisotopic (exact) mass is 551 g/mol. The number of hydrogen-bond acceptors (Lipinski definition) is 8. The molecule has 12 heteroatoms. The lowest BCUT2D eigenvalue weighted by Crippen LogP contribution is -2.20. The van der Waals surface area contributed by atoms with Gasteiger partial charge in [-0.15, -0.1) is 10.2 Å². The third-order valence-corrected chi connectivity index (χ3v) is 6.42. The van der Waals surface area contributed by atoms with E-state index in [1.807, 2.05) is 79.8 Å². The standard InChI is InChI=1S/C19H20N6O.C10H9N3O2/c1-13-18(23-25(22-13)16-6-4-3-5-7-16)19(26)21-14-8-11-17(20-12-14)24(2)15-9-10-15;1-7-9(10(14)15)12-13(11-7)8-5-3-2-4-6-8/h3-8,11-12,15H,9-10H2,1-2H3,(H,21,26);2-6H,1H3,(H,14,15). The van der Waals surface area contributed by atoms with Gasteiger partial charge < -0.3 is 15.3 Å². The Kier molecular flexibility index (Phi) is 7.81. The number of aryl methyl sites for hydroxylation is 2. The fourth-order valence-corrected chi connectivity index (χ4v) is 4.03. The lowest BCUT2D eigenvalue weighted by molar-refractivity contribution is 0.0689. The summed E-state index contributed by atoms with van der Waals surface area (Å²) in [6, 6.07) is 23.1. The van der Waals surface area contributed by atoms with Crippen LogP contribution in [0.3, 0.4) is 0 Å². The molecule has 0 bridgehead atoms. The lowest BCUT2D eigenvalue weighted by atomic mass is 10.3. The number of benzene rings is 2. The topological polar surface area (TPSA) is 144 Å². The predicted molar refractivity (Wildman–Crippen MR) is 153 cm³/mol. The Balaban J connectivity index is 0.000000191. The van der Waals surface area contributed by atoms with Gasteiger partial charge in [0.2, 0.25) is 0 Å². The van der Waals surface area contributed by atoms with Crippen LogP contribution in [0.1, 0.15) is 45.2 Å². The average Bonchev–Trinajstić information content (AvgIpc) is 3.65. The molecule has 3 heterocycles. The minimum Gasteiger partial charge on any atom is -0.476 e. The SMILES string of the molecule is Cc1nn(-c2ccccc2)nc1C(=O)Nc1ccc(N(C)C2CC2)nc1.Cc1nn(-c2ccccc2)nc1C(=O)O. The number of nitrogens with one attached hydrogen (secondary N) is 1. The van der Waals surface area contributed by atoms with Crippen LogP contribution in [0.4, 0.5) is 11.5 Å². The number of pyridine rings is 1. The highest BCUT2D eigenvalue weighted by Crippen LogP contribution is 2.29. The zero-order valence-corrected chi connectivity index (χ0v) is 22.8. The van der Waals surface area contributed by atoms with Crippen LogP contribution in [0.25, 0.3) is 11.4 Å². The molecule has 1 saturated carbocycles. The van der Waals surface area contributed by atoms with Crippen LogP contribution in [-0.2, 0) is 0 Å². The van der Waals surface area contributed by atoms with Gasteiger partial charge in [-0.2, -0.15) is 19.8 Å². The van der Waals surface area contributed by atoms with Crippen molar-refractivity contribution in [3.8, 4) is 11.4 Å². The minimum absolute atomic E-state index is 0.0150. The maximum Gasteiger partial charge on any atom is 0.358 e. The molecule has 41 heavy (non-hydrogen) atoms. The average molecular weight is 552 g/mol. The molecular formula is C29H29N9O3. The number of anilines is 2. The van der Waals surface area contributed by atoms with Crippen LogP contribution in [-0.4, -0.2) is 65.0 Å². The molecule has 1 aliphatic rings. The third-order valence-electron chi connectivity index (χ3n) is 6.42. The number of aromatic nitrogens is 7. The normalized spacial score (nSPS) is 12.3. The van der Waals surface area contributed by atoms with E-state index in [0.717, 1.165) is 17.2 Å². The second-order valence-corrected chi connectivity index (χ2v) is 9.52. The molecule has 12 nitrogen and oxygen atoms in total. The highest BCUT2D eigenvalue weighted by molar-refractivity contribution is 6.03. The molecule has 0 saturated heterocycles.